The van der Waals surface area contributed by atoms with Crippen LogP contribution in [0.3, 0.4) is 0 Å². The van der Waals surface area contributed by atoms with Gasteiger partial charge in [-0.2, -0.15) is 0 Å². The van der Waals surface area contributed by atoms with Crippen molar-refractivity contribution in [2.24, 2.45) is 0 Å². The van der Waals surface area contributed by atoms with E-state index in [4.69, 9.17) is 4.98 Å². The van der Waals surface area contributed by atoms with Crippen LogP contribution < -0.4 is 4.90 Å². The molecule has 0 bridgehead atoms. The molecule has 0 unspecified atom stereocenters. The molecule has 0 atom stereocenters. The summed E-state index contributed by atoms with van der Waals surface area (Å²) >= 11 is 1.80. The Kier molecular flexibility index (Phi) is 6.29. The molecule has 0 radical (unpaired) electrons. The molecule has 0 N–H and O–H groups in total. The summed E-state index contributed by atoms with van der Waals surface area (Å²) in [5.41, 5.74) is 10.1. The zero-order valence-electron chi connectivity index (χ0n) is 26.2. The summed E-state index contributed by atoms with van der Waals surface area (Å²) in [6, 6.07) is 53.4. The molecule has 6 aromatic carbocycles. The molecule has 6 heteroatoms. The quantitative estimate of drug-likeness (QED) is 0.181. The molecule has 0 aliphatic heterocycles. The molecule has 0 saturated carbocycles. The molecule has 5 nitrogen and oxygen atoms in total. The van der Waals surface area contributed by atoms with Crippen molar-refractivity contribution in [1.29, 1.82) is 0 Å². The Labute approximate surface area is 286 Å². The minimum absolute atomic E-state index is 0.642. The maximum Gasteiger partial charge on any atom is 0.163 e. The van der Waals surface area contributed by atoms with E-state index in [1.54, 1.807) is 17.7 Å². The number of anilines is 3. The first-order valence-electron chi connectivity index (χ1n) is 16.3. The Bertz CT molecular complexity index is 2710. The van der Waals surface area contributed by atoms with Crippen molar-refractivity contribution < 1.29 is 0 Å². The number of hydrogen-bond donors (Lipinski definition) is 0. The van der Waals surface area contributed by atoms with Gasteiger partial charge in [-0.3, -0.25) is 4.40 Å². The van der Waals surface area contributed by atoms with Gasteiger partial charge in [-0.1, -0.05) is 78.9 Å². The van der Waals surface area contributed by atoms with E-state index in [2.05, 4.69) is 164 Å². The number of hydrogen-bond acceptors (Lipinski definition) is 5. The third-order valence-electron chi connectivity index (χ3n) is 9.37. The topological polar surface area (TPSA) is 46.3 Å². The summed E-state index contributed by atoms with van der Waals surface area (Å²) in [5, 5.41) is 7.38. The zero-order chi connectivity index (χ0) is 32.3. The second-order valence-corrected chi connectivity index (χ2v) is 13.1. The van der Waals surface area contributed by atoms with Gasteiger partial charge in [0.25, 0.3) is 0 Å². The molecule has 0 aliphatic carbocycles. The van der Waals surface area contributed by atoms with E-state index in [1.165, 1.54) is 43.0 Å². The van der Waals surface area contributed by atoms with Gasteiger partial charge in [-0.25, -0.2) is 15.0 Å². The molecule has 10 rings (SSSR count). The van der Waals surface area contributed by atoms with Crippen molar-refractivity contribution in [3.8, 4) is 33.9 Å². The summed E-state index contributed by atoms with van der Waals surface area (Å²) in [5.74, 6) is 1.29. The molecule has 4 aromatic heterocycles. The van der Waals surface area contributed by atoms with E-state index in [-0.39, 0.29) is 0 Å². The van der Waals surface area contributed by atoms with Crippen molar-refractivity contribution in [3.63, 3.8) is 0 Å². The summed E-state index contributed by atoms with van der Waals surface area (Å²) in [7, 11) is 0. The minimum Gasteiger partial charge on any atom is -0.311 e. The van der Waals surface area contributed by atoms with Crippen LogP contribution in [0.5, 0.6) is 0 Å². The molecule has 0 spiro atoms. The fraction of sp³-hybridized carbons (Fsp3) is 0. The van der Waals surface area contributed by atoms with Crippen LogP contribution in [0, 0.1) is 0 Å². The summed E-state index contributed by atoms with van der Waals surface area (Å²) < 4.78 is 2.43. The first-order chi connectivity index (χ1) is 24.3. The van der Waals surface area contributed by atoms with Gasteiger partial charge in [0.2, 0.25) is 0 Å². The average Bonchev–Trinajstić information content (AvgIpc) is 3.87. The summed E-state index contributed by atoms with van der Waals surface area (Å²) in [4.78, 5) is 17.5. The van der Waals surface area contributed by atoms with Crippen molar-refractivity contribution in [2.45, 2.75) is 0 Å². The lowest BCUT2D eigenvalue weighted by Crippen LogP contribution is -2.09. The number of aromatic nitrogens is 4. The second-order valence-electron chi connectivity index (χ2n) is 12.2. The summed E-state index contributed by atoms with van der Waals surface area (Å²) in [6.07, 6.45) is 1.60. The Morgan fingerprint density at radius 3 is 1.69 bits per heavy atom. The van der Waals surface area contributed by atoms with Gasteiger partial charge in [0.1, 0.15) is 11.2 Å². The number of rotatable bonds is 6. The molecule has 0 aliphatic rings. The van der Waals surface area contributed by atoms with Crippen molar-refractivity contribution in [3.05, 3.63) is 163 Å². The third kappa shape index (κ3) is 4.49. The maximum atomic E-state index is 4.89. The Hall–Kier alpha value is -6.37. The van der Waals surface area contributed by atoms with Crippen molar-refractivity contribution in [2.75, 3.05) is 4.90 Å². The van der Waals surface area contributed by atoms with E-state index in [9.17, 15) is 0 Å². The predicted octanol–water partition coefficient (Wildman–Crippen LogP) is 11.6. The Morgan fingerprint density at radius 1 is 0.469 bits per heavy atom. The monoisotopic (exact) mass is 645 g/mol. The van der Waals surface area contributed by atoms with Gasteiger partial charge in [-0.05, 0) is 89.3 Å². The van der Waals surface area contributed by atoms with Crippen LogP contribution in [-0.4, -0.2) is 19.4 Å². The standard InChI is InChI=1S/C43H27N5S/c1-3-9-32(10-4-1)47(33-11-5-2-6-12-33)34-21-19-30(20-22-34)42-45-27-44-41(46-42)29-17-15-28(16-18-29)31-25-37-35-13-7-8-14-39(35)48-40(37)38(26-31)36-23-24-49-43(36)48/h1-27H. The van der Waals surface area contributed by atoms with Gasteiger partial charge < -0.3 is 4.90 Å². The highest BCUT2D eigenvalue weighted by molar-refractivity contribution is 7.17. The lowest BCUT2D eigenvalue weighted by atomic mass is 9.99. The second kappa shape index (κ2) is 11.1. The molecule has 0 amide bonds. The van der Waals surface area contributed by atoms with E-state index in [1.807, 2.05) is 12.1 Å². The first-order valence-corrected chi connectivity index (χ1v) is 17.1. The lowest BCUT2D eigenvalue weighted by molar-refractivity contribution is 1.06. The highest BCUT2D eigenvalue weighted by Gasteiger charge is 2.19. The molecule has 0 saturated heterocycles. The fourth-order valence-electron chi connectivity index (χ4n) is 7.11. The van der Waals surface area contributed by atoms with Crippen LogP contribution in [0.4, 0.5) is 17.1 Å². The van der Waals surface area contributed by atoms with E-state index < -0.39 is 0 Å². The number of benzene rings is 6. The predicted molar refractivity (Wildman–Crippen MR) is 203 cm³/mol. The van der Waals surface area contributed by atoms with E-state index in [0.29, 0.717) is 11.6 Å². The van der Waals surface area contributed by atoms with Gasteiger partial charge >= 0.3 is 0 Å². The van der Waals surface area contributed by atoms with E-state index in [0.717, 1.165) is 33.8 Å². The first kappa shape index (κ1) is 27.7. The molecular formula is C43H27N5S. The number of fused-ring (bicyclic) bond motifs is 6. The maximum absolute atomic E-state index is 4.89. The largest absolute Gasteiger partial charge is 0.311 e. The highest BCUT2D eigenvalue weighted by Crippen LogP contribution is 2.43. The fourth-order valence-corrected chi connectivity index (χ4v) is 8.04. The normalized spacial score (nSPS) is 11.7. The summed E-state index contributed by atoms with van der Waals surface area (Å²) in [6.45, 7) is 0. The number of para-hydroxylation sites is 3. The smallest absolute Gasteiger partial charge is 0.163 e. The van der Waals surface area contributed by atoms with Crippen LogP contribution >= 0.6 is 11.3 Å². The van der Waals surface area contributed by atoms with Crippen LogP contribution in [0.15, 0.2) is 163 Å². The van der Waals surface area contributed by atoms with Crippen molar-refractivity contribution >= 4 is 65.8 Å². The zero-order valence-corrected chi connectivity index (χ0v) is 27.0. The van der Waals surface area contributed by atoms with Crippen LogP contribution in [0.2, 0.25) is 0 Å². The SMILES string of the molecule is c1ccc(N(c2ccccc2)c2ccc(-c3ncnc(-c4ccc(-c5cc6c7ccccc7n7c8sccc8c(c5)c67)cc4)n3)cc2)cc1. The van der Waals surface area contributed by atoms with Crippen LogP contribution in [-0.2, 0) is 0 Å². The Morgan fingerprint density at radius 2 is 1.02 bits per heavy atom. The minimum atomic E-state index is 0.642. The lowest BCUT2D eigenvalue weighted by Gasteiger charge is -2.25. The average molecular weight is 646 g/mol. The molecule has 10 aromatic rings. The molecule has 4 heterocycles. The number of nitrogens with zero attached hydrogens (tertiary/aromatic N) is 5. The van der Waals surface area contributed by atoms with Gasteiger partial charge in [0.05, 0.1) is 11.0 Å². The van der Waals surface area contributed by atoms with Crippen LogP contribution in [0.25, 0.3) is 71.3 Å². The Balaban J connectivity index is 0.979. The van der Waals surface area contributed by atoms with Crippen LogP contribution in [0.1, 0.15) is 0 Å². The van der Waals surface area contributed by atoms with Gasteiger partial charge in [0.15, 0.2) is 11.6 Å². The number of thiophene rings is 1. The molecule has 0 fully saturated rings. The molecule has 49 heavy (non-hydrogen) atoms. The highest BCUT2D eigenvalue weighted by atomic mass is 32.1. The van der Waals surface area contributed by atoms with Gasteiger partial charge in [0, 0.05) is 49.7 Å². The van der Waals surface area contributed by atoms with Crippen molar-refractivity contribution in [1.82, 2.24) is 19.4 Å². The van der Waals surface area contributed by atoms with Gasteiger partial charge in [-0.15, -0.1) is 11.3 Å². The molecule has 230 valence electrons. The third-order valence-corrected chi connectivity index (χ3v) is 10.3. The van der Waals surface area contributed by atoms with E-state index >= 15 is 0 Å². The molecular weight excluding hydrogens is 619 g/mol.